The van der Waals surface area contributed by atoms with Gasteiger partial charge in [0.15, 0.2) is 0 Å². The summed E-state index contributed by atoms with van der Waals surface area (Å²) in [5, 5.41) is 5.59. The molecule has 0 spiro atoms. The molecule has 0 saturated carbocycles. The van der Waals surface area contributed by atoms with E-state index in [-0.39, 0.29) is 6.04 Å². The predicted molar refractivity (Wildman–Crippen MR) is 80.1 cm³/mol. The molecule has 0 radical (unpaired) electrons. The molecule has 0 saturated heterocycles. The van der Waals surface area contributed by atoms with Gasteiger partial charge >= 0.3 is 0 Å². The van der Waals surface area contributed by atoms with Gasteiger partial charge in [-0.25, -0.2) is 0 Å². The molecule has 0 aliphatic carbocycles. The average Bonchev–Trinajstić information content (AvgIpc) is 2.95. The van der Waals surface area contributed by atoms with Gasteiger partial charge in [0.05, 0.1) is 6.61 Å². The van der Waals surface area contributed by atoms with E-state index in [4.69, 9.17) is 10.5 Å². The zero-order valence-corrected chi connectivity index (χ0v) is 12.0. The smallest absolute Gasteiger partial charge is 0.0713 e. The second-order valence-corrected chi connectivity index (χ2v) is 5.46. The van der Waals surface area contributed by atoms with Crippen LogP contribution in [0.2, 0.25) is 0 Å². The summed E-state index contributed by atoms with van der Waals surface area (Å²) >= 11 is 1.76. The van der Waals surface area contributed by atoms with Crippen molar-refractivity contribution in [3.8, 4) is 0 Å². The van der Waals surface area contributed by atoms with E-state index in [1.54, 1.807) is 18.4 Å². The first-order chi connectivity index (χ1) is 9.33. The molecule has 0 aliphatic rings. The molecule has 1 unspecified atom stereocenters. The number of thiophene rings is 1. The van der Waals surface area contributed by atoms with Crippen molar-refractivity contribution >= 4 is 11.3 Å². The highest BCUT2D eigenvalue weighted by molar-refractivity contribution is 7.09. The van der Waals surface area contributed by atoms with E-state index in [0.717, 1.165) is 6.54 Å². The topological polar surface area (TPSA) is 47.3 Å². The minimum atomic E-state index is 0.193. The molecular formula is C15H20N2OS. The van der Waals surface area contributed by atoms with Gasteiger partial charge in [-0.05, 0) is 22.6 Å². The van der Waals surface area contributed by atoms with Crippen molar-refractivity contribution < 1.29 is 4.74 Å². The third kappa shape index (κ3) is 4.14. The van der Waals surface area contributed by atoms with Crippen LogP contribution in [0.3, 0.4) is 0 Å². The molecule has 0 aliphatic heterocycles. The molecule has 0 bridgehead atoms. The number of ether oxygens (including phenoxy) is 1. The van der Waals surface area contributed by atoms with E-state index in [9.17, 15) is 0 Å². The first kappa shape index (κ1) is 14.2. The Morgan fingerprint density at radius 1 is 1.26 bits per heavy atom. The zero-order chi connectivity index (χ0) is 13.5. The third-order valence-corrected chi connectivity index (χ3v) is 3.91. The summed E-state index contributed by atoms with van der Waals surface area (Å²) in [7, 11) is 1.71. The molecule has 3 N–H and O–H groups in total. The molecule has 2 aromatic rings. The second kappa shape index (κ2) is 7.40. The fourth-order valence-corrected chi connectivity index (χ4v) is 2.64. The van der Waals surface area contributed by atoms with Gasteiger partial charge in [0, 0.05) is 31.1 Å². The van der Waals surface area contributed by atoms with Gasteiger partial charge in [-0.2, -0.15) is 0 Å². The number of rotatable bonds is 7. The lowest BCUT2D eigenvalue weighted by molar-refractivity contribution is 0.185. The summed E-state index contributed by atoms with van der Waals surface area (Å²) in [5.74, 6) is 0. The number of benzene rings is 1. The Hall–Kier alpha value is -1.20. The van der Waals surface area contributed by atoms with Gasteiger partial charge in [0.2, 0.25) is 0 Å². The summed E-state index contributed by atoms with van der Waals surface area (Å²) in [4.78, 5) is 1.33. The Kier molecular flexibility index (Phi) is 5.54. The van der Waals surface area contributed by atoms with Crippen LogP contribution < -0.4 is 11.1 Å². The van der Waals surface area contributed by atoms with E-state index in [2.05, 4.69) is 47.1 Å². The van der Waals surface area contributed by atoms with E-state index in [0.29, 0.717) is 13.2 Å². The third-order valence-electron chi connectivity index (χ3n) is 3.03. The largest absolute Gasteiger partial charge is 0.380 e. The second-order valence-electron chi connectivity index (χ2n) is 4.42. The Labute approximate surface area is 118 Å². The lowest BCUT2D eigenvalue weighted by Crippen LogP contribution is -2.27. The SMILES string of the molecule is COCc1ccc(C(CN)NCc2cccs2)cc1. The molecule has 0 fully saturated rings. The van der Waals surface area contributed by atoms with Crippen LogP contribution in [-0.2, 0) is 17.9 Å². The number of hydrogen-bond acceptors (Lipinski definition) is 4. The summed E-state index contributed by atoms with van der Waals surface area (Å²) in [6, 6.07) is 12.8. The van der Waals surface area contributed by atoms with Crippen LogP contribution in [0, 0.1) is 0 Å². The van der Waals surface area contributed by atoms with Crippen molar-refractivity contribution in [3.63, 3.8) is 0 Å². The molecule has 1 aromatic heterocycles. The zero-order valence-electron chi connectivity index (χ0n) is 11.1. The van der Waals surface area contributed by atoms with E-state index in [1.165, 1.54) is 16.0 Å². The first-order valence-electron chi connectivity index (χ1n) is 6.37. The normalized spacial score (nSPS) is 12.5. The molecule has 19 heavy (non-hydrogen) atoms. The maximum Gasteiger partial charge on any atom is 0.0713 e. The Morgan fingerprint density at radius 3 is 2.63 bits per heavy atom. The van der Waals surface area contributed by atoms with Crippen LogP contribution in [0.1, 0.15) is 22.0 Å². The van der Waals surface area contributed by atoms with Gasteiger partial charge < -0.3 is 15.8 Å². The summed E-state index contributed by atoms with van der Waals surface area (Å²) in [6.07, 6.45) is 0. The minimum absolute atomic E-state index is 0.193. The van der Waals surface area contributed by atoms with E-state index in [1.807, 2.05) is 0 Å². The van der Waals surface area contributed by atoms with Crippen LogP contribution >= 0.6 is 11.3 Å². The van der Waals surface area contributed by atoms with Gasteiger partial charge in [-0.1, -0.05) is 30.3 Å². The van der Waals surface area contributed by atoms with Crippen LogP contribution in [0.5, 0.6) is 0 Å². The van der Waals surface area contributed by atoms with Crippen molar-refractivity contribution in [1.82, 2.24) is 5.32 Å². The highest BCUT2D eigenvalue weighted by atomic mass is 32.1. The van der Waals surface area contributed by atoms with Gasteiger partial charge in [-0.3, -0.25) is 0 Å². The molecular weight excluding hydrogens is 256 g/mol. The Bertz CT molecular complexity index is 467. The molecule has 1 atom stereocenters. The summed E-state index contributed by atoms with van der Waals surface area (Å²) < 4.78 is 5.11. The van der Waals surface area contributed by atoms with Crippen molar-refractivity contribution in [3.05, 3.63) is 57.8 Å². The van der Waals surface area contributed by atoms with Gasteiger partial charge in [-0.15, -0.1) is 11.3 Å². The maximum atomic E-state index is 5.86. The van der Waals surface area contributed by atoms with Crippen molar-refractivity contribution in [2.24, 2.45) is 5.73 Å². The number of nitrogens with two attached hydrogens (primary N) is 1. The molecule has 0 amide bonds. The molecule has 4 heteroatoms. The number of nitrogens with one attached hydrogen (secondary N) is 1. The van der Waals surface area contributed by atoms with E-state index >= 15 is 0 Å². The predicted octanol–water partition coefficient (Wildman–Crippen LogP) is 2.68. The number of methoxy groups -OCH3 is 1. The quantitative estimate of drug-likeness (QED) is 0.817. The fourth-order valence-electron chi connectivity index (χ4n) is 1.99. The number of hydrogen-bond donors (Lipinski definition) is 2. The van der Waals surface area contributed by atoms with Crippen LogP contribution in [0.15, 0.2) is 41.8 Å². The molecule has 1 heterocycles. The monoisotopic (exact) mass is 276 g/mol. The fraction of sp³-hybridized carbons (Fsp3) is 0.333. The Morgan fingerprint density at radius 2 is 2.05 bits per heavy atom. The molecule has 3 nitrogen and oxygen atoms in total. The highest BCUT2D eigenvalue weighted by Crippen LogP contribution is 2.15. The first-order valence-corrected chi connectivity index (χ1v) is 7.25. The van der Waals surface area contributed by atoms with Crippen molar-refractivity contribution in [1.29, 1.82) is 0 Å². The van der Waals surface area contributed by atoms with Crippen molar-refractivity contribution in [2.45, 2.75) is 19.2 Å². The van der Waals surface area contributed by atoms with Crippen LogP contribution in [-0.4, -0.2) is 13.7 Å². The lowest BCUT2D eigenvalue weighted by atomic mass is 10.0. The summed E-state index contributed by atoms with van der Waals surface area (Å²) in [6.45, 7) is 2.10. The molecule has 1 aromatic carbocycles. The van der Waals surface area contributed by atoms with Gasteiger partial charge in [0.1, 0.15) is 0 Å². The van der Waals surface area contributed by atoms with Crippen molar-refractivity contribution in [2.75, 3.05) is 13.7 Å². The minimum Gasteiger partial charge on any atom is -0.380 e. The Balaban J connectivity index is 1.96. The summed E-state index contributed by atoms with van der Waals surface area (Å²) in [5.41, 5.74) is 8.26. The standard InChI is InChI=1S/C15H20N2OS/c1-18-11-12-4-6-13(7-5-12)15(9-16)17-10-14-3-2-8-19-14/h2-8,15,17H,9-11,16H2,1H3. The van der Waals surface area contributed by atoms with Crippen LogP contribution in [0.25, 0.3) is 0 Å². The maximum absolute atomic E-state index is 5.86. The molecule has 2 rings (SSSR count). The molecule has 102 valence electrons. The van der Waals surface area contributed by atoms with Gasteiger partial charge in [0.25, 0.3) is 0 Å². The highest BCUT2D eigenvalue weighted by Gasteiger charge is 2.09. The van der Waals surface area contributed by atoms with Crippen LogP contribution in [0.4, 0.5) is 0 Å². The lowest BCUT2D eigenvalue weighted by Gasteiger charge is -2.17. The van der Waals surface area contributed by atoms with E-state index < -0.39 is 0 Å². The average molecular weight is 276 g/mol.